The van der Waals surface area contributed by atoms with E-state index in [1.54, 1.807) is 0 Å². The highest BCUT2D eigenvalue weighted by Gasteiger charge is 2.41. The molecule has 0 aliphatic heterocycles. The van der Waals surface area contributed by atoms with E-state index in [0.29, 0.717) is 23.6 Å². The number of hydrogen-bond donors (Lipinski definition) is 0. The summed E-state index contributed by atoms with van der Waals surface area (Å²) in [5.41, 5.74) is 5.73. The molecule has 1 aliphatic rings. The zero-order valence-electron chi connectivity index (χ0n) is 13.6. The smallest absolute Gasteiger partial charge is 0.0226 e. The van der Waals surface area contributed by atoms with E-state index in [4.69, 9.17) is 11.6 Å². The molecule has 3 aromatic rings. The third kappa shape index (κ3) is 2.65. The van der Waals surface area contributed by atoms with Gasteiger partial charge in [-0.2, -0.15) is 0 Å². The molecule has 0 heterocycles. The Kier molecular flexibility index (Phi) is 4.40. The van der Waals surface area contributed by atoms with Gasteiger partial charge in [0.2, 0.25) is 0 Å². The van der Waals surface area contributed by atoms with E-state index in [0.717, 1.165) is 6.42 Å². The maximum Gasteiger partial charge on any atom is 0.0226 e. The van der Waals surface area contributed by atoms with Crippen LogP contribution in [0.2, 0.25) is 0 Å². The van der Waals surface area contributed by atoms with Crippen LogP contribution in [0.5, 0.6) is 0 Å². The molecule has 120 valence electrons. The largest absolute Gasteiger partial charge is 0.127 e. The molecular weight excluding hydrogens is 312 g/mol. The summed E-state index contributed by atoms with van der Waals surface area (Å²) in [6, 6.07) is 30.7. The highest BCUT2D eigenvalue weighted by molar-refractivity contribution is 6.17. The quantitative estimate of drug-likeness (QED) is 0.498. The minimum atomic E-state index is 0.423. The molecule has 3 aromatic carbocycles. The van der Waals surface area contributed by atoms with Crippen molar-refractivity contribution in [3.05, 3.63) is 107 Å². The minimum Gasteiger partial charge on any atom is -0.127 e. The molecule has 0 spiro atoms. The molecule has 0 aromatic heterocycles. The third-order valence-electron chi connectivity index (χ3n) is 5.28. The molecule has 24 heavy (non-hydrogen) atoms. The summed E-state index contributed by atoms with van der Waals surface area (Å²) in [4.78, 5) is 0. The maximum atomic E-state index is 6.23. The van der Waals surface area contributed by atoms with E-state index >= 15 is 0 Å². The van der Waals surface area contributed by atoms with Crippen LogP contribution < -0.4 is 0 Å². The summed E-state index contributed by atoms with van der Waals surface area (Å²) in [6.45, 7) is 0. The Hall–Kier alpha value is -2.05. The van der Waals surface area contributed by atoms with E-state index in [9.17, 15) is 0 Å². The molecule has 0 radical (unpaired) electrons. The molecule has 1 aliphatic carbocycles. The van der Waals surface area contributed by atoms with Crippen molar-refractivity contribution in [3.63, 3.8) is 0 Å². The van der Waals surface area contributed by atoms with Gasteiger partial charge in [-0.3, -0.25) is 0 Å². The molecule has 0 fully saturated rings. The number of benzene rings is 3. The van der Waals surface area contributed by atoms with Crippen LogP contribution in [0.15, 0.2) is 84.9 Å². The topological polar surface area (TPSA) is 0 Å². The Morgan fingerprint density at radius 2 is 1.00 bits per heavy atom. The Labute approximate surface area is 149 Å². The highest BCUT2D eigenvalue weighted by Crippen LogP contribution is 2.53. The van der Waals surface area contributed by atoms with Gasteiger partial charge in [-0.1, -0.05) is 84.9 Å². The lowest BCUT2D eigenvalue weighted by Crippen LogP contribution is -2.15. The molecule has 0 bridgehead atoms. The Bertz CT molecular complexity index is 728. The van der Waals surface area contributed by atoms with Crippen molar-refractivity contribution < 1.29 is 0 Å². The van der Waals surface area contributed by atoms with Crippen molar-refractivity contribution in [1.82, 2.24) is 0 Å². The fourth-order valence-corrected chi connectivity index (χ4v) is 4.62. The maximum absolute atomic E-state index is 6.23. The Balaban J connectivity index is 1.88. The average Bonchev–Trinajstić information content (AvgIpc) is 2.97. The zero-order chi connectivity index (χ0) is 16.4. The van der Waals surface area contributed by atoms with Gasteiger partial charge in [-0.05, 0) is 34.6 Å². The summed E-state index contributed by atoms with van der Waals surface area (Å²) < 4.78 is 0. The van der Waals surface area contributed by atoms with Crippen molar-refractivity contribution in [2.75, 3.05) is 5.88 Å². The number of alkyl halides is 1. The second-order valence-corrected chi connectivity index (χ2v) is 6.93. The first-order valence-corrected chi connectivity index (χ1v) is 9.18. The SMILES string of the molecule is ClCCC1[C@H](c2ccccc2)c2ccccc2[C@@H]1c1ccccc1. The number of rotatable bonds is 4. The van der Waals surface area contributed by atoms with E-state index in [2.05, 4.69) is 84.9 Å². The van der Waals surface area contributed by atoms with Crippen LogP contribution in [0.4, 0.5) is 0 Å². The first-order chi connectivity index (χ1) is 11.9. The molecule has 4 rings (SSSR count). The van der Waals surface area contributed by atoms with Gasteiger partial charge in [0.05, 0.1) is 0 Å². The zero-order valence-corrected chi connectivity index (χ0v) is 14.4. The second kappa shape index (κ2) is 6.83. The minimum absolute atomic E-state index is 0.423. The van der Waals surface area contributed by atoms with Crippen molar-refractivity contribution in [2.24, 2.45) is 5.92 Å². The number of hydrogen-bond acceptors (Lipinski definition) is 0. The van der Waals surface area contributed by atoms with Crippen molar-refractivity contribution >= 4 is 11.6 Å². The first-order valence-electron chi connectivity index (χ1n) is 8.65. The fourth-order valence-electron chi connectivity index (χ4n) is 4.36. The standard InChI is InChI=1S/C23H21Cl/c24-16-15-21-22(17-9-3-1-4-10-17)19-13-7-8-14-20(19)23(21)18-11-5-2-6-12-18/h1-14,21-23H,15-16H2/t21?,22-,23+. The van der Waals surface area contributed by atoms with Crippen LogP contribution in [-0.4, -0.2) is 5.88 Å². The molecule has 0 saturated heterocycles. The lowest BCUT2D eigenvalue weighted by Gasteiger charge is -2.26. The van der Waals surface area contributed by atoms with Gasteiger partial charge >= 0.3 is 0 Å². The molecule has 1 heteroatoms. The molecule has 0 nitrogen and oxygen atoms in total. The van der Waals surface area contributed by atoms with Crippen LogP contribution >= 0.6 is 11.6 Å². The second-order valence-electron chi connectivity index (χ2n) is 6.55. The van der Waals surface area contributed by atoms with Crippen LogP contribution in [0.1, 0.15) is 40.5 Å². The van der Waals surface area contributed by atoms with Gasteiger partial charge in [-0.25, -0.2) is 0 Å². The molecule has 3 atom stereocenters. The van der Waals surface area contributed by atoms with E-state index in [1.807, 2.05) is 0 Å². The lowest BCUT2D eigenvalue weighted by molar-refractivity contribution is 0.446. The fraction of sp³-hybridized carbons (Fsp3) is 0.217. The number of halogens is 1. The van der Waals surface area contributed by atoms with Gasteiger partial charge in [0.15, 0.2) is 0 Å². The Morgan fingerprint density at radius 1 is 0.583 bits per heavy atom. The van der Waals surface area contributed by atoms with E-state index in [-0.39, 0.29) is 0 Å². The Morgan fingerprint density at radius 3 is 1.42 bits per heavy atom. The van der Waals surface area contributed by atoms with Crippen molar-refractivity contribution in [2.45, 2.75) is 18.3 Å². The lowest BCUT2D eigenvalue weighted by atomic mass is 9.78. The predicted molar refractivity (Wildman–Crippen MR) is 102 cm³/mol. The average molecular weight is 333 g/mol. The van der Waals surface area contributed by atoms with Gasteiger partial charge in [0.1, 0.15) is 0 Å². The molecule has 0 amide bonds. The van der Waals surface area contributed by atoms with Crippen LogP contribution in [0, 0.1) is 5.92 Å². The number of fused-ring (bicyclic) bond motifs is 1. The first kappa shape index (κ1) is 15.5. The summed E-state index contributed by atoms with van der Waals surface area (Å²) in [6.07, 6.45) is 1.02. The van der Waals surface area contributed by atoms with Gasteiger partial charge in [0.25, 0.3) is 0 Å². The van der Waals surface area contributed by atoms with Crippen LogP contribution in [-0.2, 0) is 0 Å². The van der Waals surface area contributed by atoms with E-state index < -0.39 is 0 Å². The molecule has 1 unspecified atom stereocenters. The van der Waals surface area contributed by atoms with Gasteiger partial charge < -0.3 is 0 Å². The summed E-state index contributed by atoms with van der Waals surface area (Å²) in [7, 11) is 0. The monoisotopic (exact) mass is 332 g/mol. The predicted octanol–water partition coefficient (Wildman–Crippen LogP) is 6.21. The molecule has 0 saturated carbocycles. The normalized spacial score (nSPS) is 22.3. The third-order valence-corrected chi connectivity index (χ3v) is 5.50. The van der Waals surface area contributed by atoms with Gasteiger partial charge in [0, 0.05) is 17.7 Å². The highest BCUT2D eigenvalue weighted by atomic mass is 35.5. The summed E-state index contributed by atoms with van der Waals surface area (Å²) in [5, 5.41) is 0. The summed E-state index contributed by atoms with van der Waals surface area (Å²) >= 11 is 6.23. The van der Waals surface area contributed by atoms with Crippen molar-refractivity contribution in [1.29, 1.82) is 0 Å². The summed E-state index contributed by atoms with van der Waals surface area (Å²) in [5.74, 6) is 2.05. The molecular formula is C23H21Cl. The van der Waals surface area contributed by atoms with E-state index in [1.165, 1.54) is 22.3 Å². The van der Waals surface area contributed by atoms with Crippen LogP contribution in [0.25, 0.3) is 0 Å². The molecule has 0 N–H and O–H groups in total. The van der Waals surface area contributed by atoms with Gasteiger partial charge in [-0.15, -0.1) is 11.6 Å². The van der Waals surface area contributed by atoms with Crippen LogP contribution in [0.3, 0.4) is 0 Å². The van der Waals surface area contributed by atoms with Crippen molar-refractivity contribution in [3.8, 4) is 0 Å².